The van der Waals surface area contributed by atoms with Crippen LogP contribution in [0.4, 0.5) is 0 Å². The highest BCUT2D eigenvalue weighted by atomic mass is 16.4. The zero-order valence-electron chi connectivity index (χ0n) is 9.87. The molecule has 0 aromatic carbocycles. The smallest absolute Gasteiger partial charge is 0.233 e. The lowest BCUT2D eigenvalue weighted by atomic mass is 9.90. The third kappa shape index (κ3) is 3.77. The van der Waals surface area contributed by atoms with Crippen LogP contribution in [0.15, 0.2) is 5.16 Å². The molecule has 1 amide bonds. The molecular weight excluding hydrogens is 194 g/mol. The molecule has 0 aliphatic heterocycles. The van der Waals surface area contributed by atoms with Crippen LogP contribution < -0.4 is 11.1 Å². The Morgan fingerprint density at radius 2 is 2.13 bits per heavy atom. The second kappa shape index (κ2) is 5.58. The molecule has 0 heterocycles. The van der Waals surface area contributed by atoms with E-state index in [4.69, 9.17) is 10.9 Å². The number of carbonyl (C=O) groups is 1. The number of rotatable bonds is 5. The van der Waals surface area contributed by atoms with Gasteiger partial charge in [0.2, 0.25) is 5.91 Å². The van der Waals surface area contributed by atoms with E-state index in [1.165, 1.54) is 0 Å². The van der Waals surface area contributed by atoms with E-state index in [2.05, 4.69) is 24.3 Å². The van der Waals surface area contributed by atoms with Crippen molar-refractivity contribution in [2.75, 3.05) is 6.54 Å². The average Bonchev–Trinajstić information content (AvgIpc) is 2.23. The number of nitrogens with one attached hydrogen (secondary N) is 1. The quantitative estimate of drug-likeness (QED) is 0.276. The van der Waals surface area contributed by atoms with Crippen LogP contribution >= 0.6 is 0 Å². The van der Waals surface area contributed by atoms with Crippen LogP contribution in [0.2, 0.25) is 0 Å². The minimum atomic E-state index is -0.970. The van der Waals surface area contributed by atoms with Gasteiger partial charge in [-0.15, -0.1) is 0 Å². The SMILES string of the molecule is CCC(C)CNC(=O)C(C)(C)C(N)=NO. The van der Waals surface area contributed by atoms with Crippen LogP contribution in [-0.2, 0) is 4.79 Å². The zero-order chi connectivity index (χ0) is 12.1. The predicted molar refractivity (Wildman–Crippen MR) is 59.7 cm³/mol. The monoisotopic (exact) mass is 215 g/mol. The van der Waals surface area contributed by atoms with Crippen LogP contribution in [0.3, 0.4) is 0 Å². The third-order valence-corrected chi connectivity index (χ3v) is 2.62. The van der Waals surface area contributed by atoms with Crippen molar-refractivity contribution in [3.8, 4) is 0 Å². The fourth-order valence-corrected chi connectivity index (χ4v) is 0.874. The number of nitrogens with two attached hydrogens (primary N) is 1. The normalized spacial score (nSPS) is 14.8. The van der Waals surface area contributed by atoms with Crippen molar-refractivity contribution in [2.45, 2.75) is 34.1 Å². The summed E-state index contributed by atoms with van der Waals surface area (Å²) in [5.41, 5.74) is 4.46. The summed E-state index contributed by atoms with van der Waals surface area (Å²) in [6.45, 7) is 7.96. The zero-order valence-corrected chi connectivity index (χ0v) is 9.87. The largest absolute Gasteiger partial charge is 0.409 e. The standard InChI is InChI=1S/C10H21N3O2/c1-5-7(2)6-12-9(14)10(3,4)8(11)13-15/h7,15H,5-6H2,1-4H3,(H2,11,13)(H,12,14). The summed E-state index contributed by atoms with van der Waals surface area (Å²) < 4.78 is 0. The first-order valence-electron chi connectivity index (χ1n) is 5.12. The van der Waals surface area contributed by atoms with Gasteiger partial charge in [-0.1, -0.05) is 25.4 Å². The van der Waals surface area contributed by atoms with E-state index in [-0.39, 0.29) is 11.7 Å². The Morgan fingerprint density at radius 3 is 2.53 bits per heavy atom. The first-order chi connectivity index (χ1) is 6.86. The Bertz CT molecular complexity index is 249. The lowest BCUT2D eigenvalue weighted by molar-refractivity contribution is -0.126. The van der Waals surface area contributed by atoms with Crippen molar-refractivity contribution in [2.24, 2.45) is 22.2 Å². The highest BCUT2D eigenvalue weighted by Crippen LogP contribution is 2.15. The molecule has 0 spiro atoms. The summed E-state index contributed by atoms with van der Waals surface area (Å²) in [7, 11) is 0. The number of hydrogen-bond donors (Lipinski definition) is 3. The second-order valence-corrected chi connectivity index (χ2v) is 4.33. The summed E-state index contributed by atoms with van der Waals surface area (Å²) in [4.78, 5) is 11.7. The van der Waals surface area contributed by atoms with Crippen LogP contribution in [0.25, 0.3) is 0 Å². The van der Waals surface area contributed by atoms with Crippen molar-refractivity contribution in [1.29, 1.82) is 0 Å². The van der Waals surface area contributed by atoms with Gasteiger partial charge in [-0.2, -0.15) is 0 Å². The lowest BCUT2D eigenvalue weighted by Gasteiger charge is -2.22. The van der Waals surface area contributed by atoms with Gasteiger partial charge in [-0.3, -0.25) is 4.79 Å². The van der Waals surface area contributed by atoms with Gasteiger partial charge in [-0.25, -0.2) is 0 Å². The van der Waals surface area contributed by atoms with E-state index < -0.39 is 5.41 Å². The highest BCUT2D eigenvalue weighted by Gasteiger charge is 2.32. The molecule has 0 rings (SSSR count). The molecule has 15 heavy (non-hydrogen) atoms. The van der Waals surface area contributed by atoms with Gasteiger partial charge < -0.3 is 16.3 Å². The van der Waals surface area contributed by atoms with E-state index in [1.54, 1.807) is 13.8 Å². The molecule has 0 fully saturated rings. The van der Waals surface area contributed by atoms with Crippen molar-refractivity contribution < 1.29 is 10.0 Å². The summed E-state index contributed by atoms with van der Waals surface area (Å²) in [5, 5.41) is 14.2. The Kier molecular flexibility index (Phi) is 5.11. The number of hydrogen-bond acceptors (Lipinski definition) is 3. The maximum atomic E-state index is 11.7. The molecule has 0 aromatic heterocycles. The summed E-state index contributed by atoms with van der Waals surface area (Å²) in [5.74, 6) is 0.124. The molecule has 0 aliphatic rings. The van der Waals surface area contributed by atoms with Crippen LogP contribution in [-0.4, -0.2) is 23.5 Å². The van der Waals surface area contributed by atoms with E-state index in [9.17, 15) is 4.79 Å². The minimum absolute atomic E-state index is 0.0795. The number of amidine groups is 1. The molecule has 1 atom stereocenters. The molecule has 0 aliphatic carbocycles. The molecule has 88 valence electrons. The Balaban J connectivity index is 4.33. The van der Waals surface area contributed by atoms with Gasteiger partial charge in [-0.05, 0) is 19.8 Å². The van der Waals surface area contributed by atoms with E-state index in [0.29, 0.717) is 12.5 Å². The molecule has 0 saturated carbocycles. The molecule has 0 bridgehead atoms. The molecule has 5 heteroatoms. The van der Waals surface area contributed by atoms with E-state index >= 15 is 0 Å². The first-order valence-corrected chi connectivity index (χ1v) is 5.12. The fourth-order valence-electron chi connectivity index (χ4n) is 0.874. The van der Waals surface area contributed by atoms with Gasteiger partial charge in [0.25, 0.3) is 0 Å². The van der Waals surface area contributed by atoms with E-state index in [0.717, 1.165) is 6.42 Å². The number of nitrogens with zero attached hydrogens (tertiary/aromatic N) is 1. The maximum absolute atomic E-state index is 11.7. The molecular formula is C10H21N3O2. The summed E-state index contributed by atoms with van der Waals surface area (Å²) in [6.07, 6.45) is 1.00. The third-order valence-electron chi connectivity index (χ3n) is 2.62. The summed E-state index contributed by atoms with van der Waals surface area (Å²) >= 11 is 0. The fraction of sp³-hybridized carbons (Fsp3) is 0.800. The molecule has 0 radical (unpaired) electrons. The van der Waals surface area contributed by atoms with E-state index in [1.807, 2.05) is 0 Å². The number of carbonyl (C=O) groups excluding carboxylic acids is 1. The average molecular weight is 215 g/mol. The number of amides is 1. The molecule has 0 saturated heterocycles. The molecule has 0 aromatic rings. The lowest BCUT2D eigenvalue weighted by Crippen LogP contribution is -2.46. The Morgan fingerprint density at radius 1 is 1.60 bits per heavy atom. The van der Waals surface area contributed by atoms with Gasteiger partial charge in [0.15, 0.2) is 5.84 Å². The Labute approximate surface area is 90.7 Å². The van der Waals surface area contributed by atoms with Gasteiger partial charge in [0.1, 0.15) is 5.41 Å². The van der Waals surface area contributed by atoms with Crippen molar-refractivity contribution >= 4 is 11.7 Å². The Hall–Kier alpha value is -1.26. The van der Waals surface area contributed by atoms with Gasteiger partial charge >= 0.3 is 0 Å². The molecule has 4 N–H and O–H groups in total. The first kappa shape index (κ1) is 13.7. The molecule has 5 nitrogen and oxygen atoms in total. The van der Waals surface area contributed by atoms with Crippen molar-refractivity contribution in [3.63, 3.8) is 0 Å². The van der Waals surface area contributed by atoms with Crippen LogP contribution in [0, 0.1) is 11.3 Å². The minimum Gasteiger partial charge on any atom is -0.409 e. The van der Waals surface area contributed by atoms with Crippen molar-refractivity contribution in [3.05, 3.63) is 0 Å². The highest BCUT2D eigenvalue weighted by molar-refractivity contribution is 6.05. The van der Waals surface area contributed by atoms with Crippen LogP contribution in [0.1, 0.15) is 34.1 Å². The number of oxime groups is 1. The second-order valence-electron chi connectivity index (χ2n) is 4.33. The van der Waals surface area contributed by atoms with Crippen LogP contribution in [0.5, 0.6) is 0 Å². The molecule has 1 unspecified atom stereocenters. The van der Waals surface area contributed by atoms with Gasteiger partial charge in [0.05, 0.1) is 0 Å². The predicted octanol–water partition coefficient (Wildman–Crippen LogP) is 0.921. The van der Waals surface area contributed by atoms with Gasteiger partial charge in [0, 0.05) is 6.54 Å². The maximum Gasteiger partial charge on any atom is 0.233 e. The summed E-state index contributed by atoms with van der Waals surface area (Å²) in [6, 6.07) is 0. The van der Waals surface area contributed by atoms with Crippen molar-refractivity contribution in [1.82, 2.24) is 5.32 Å². The topological polar surface area (TPSA) is 87.7 Å².